The molecule has 0 saturated heterocycles. The van der Waals surface area contributed by atoms with Gasteiger partial charge in [0.1, 0.15) is 6.61 Å². The molecule has 0 aromatic rings. The van der Waals surface area contributed by atoms with Crippen molar-refractivity contribution in [3.8, 4) is 0 Å². The number of carbonyl (C=O) groups excluding carboxylic acids is 2. The molecular weight excluding hydrogens is 569 g/mol. The van der Waals surface area contributed by atoms with Gasteiger partial charge < -0.3 is 20.1 Å². The maximum atomic E-state index is 12.4. The van der Waals surface area contributed by atoms with Crippen molar-refractivity contribution in [3.63, 3.8) is 0 Å². The van der Waals surface area contributed by atoms with Crippen LogP contribution in [0.5, 0.6) is 0 Å². The molecule has 3 N–H and O–H groups in total. The van der Waals surface area contributed by atoms with Crippen LogP contribution in [0.1, 0.15) is 168 Å². The number of carbonyl (C=O) groups is 2. The van der Waals surface area contributed by atoms with E-state index >= 15 is 0 Å². The van der Waals surface area contributed by atoms with Crippen LogP contribution in [0.3, 0.4) is 0 Å². The second-order valence-electron chi connectivity index (χ2n) is 11.8. The number of hydrogen-bond donors (Lipinski definition) is 2. The molecule has 0 heterocycles. The van der Waals surface area contributed by atoms with Gasteiger partial charge in [0.25, 0.3) is 0 Å². The Morgan fingerprint density at radius 1 is 0.605 bits per heavy atom. The zero-order chi connectivity index (χ0) is 31.9. The molecule has 0 spiro atoms. The van der Waals surface area contributed by atoms with Gasteiger partial charge in [0, 0.05) is 19.4 Å². The zero-order valence-electron chi connectivity index (χ0n) is 27.7. The van der Waals surface area contributed by atoms with Gasteiger partial charge in [-0.15, -0.1) is 0 Å². The molecule has 0 amide bonds. The van der Waals surface area contributed by atoms with E-state index in [4.69, 9.17) is 24.3 Å². The first-order valence-electron chi connectivity index (χ1n) is 17.5. The molecule has 0 aliphatic carbocycles. The maximum Gasteiger partial charge on any atom is 0.472 e. The fourth-order valence-corrected chi connectivity index (χ4v) is 5.63. The van der Waals surface area contributed by atoms with E-state index in [-0.39, 0.29) is 38.6 Å². The highest BCUT2D eigenvalue weighted by Gasteiger charge is 2.25. The van der Waals surface area contributed by atoms with Crippen molar-refractivity contribution in [1.82, 2.24) is 0 Å². The third kappa shape index (κ3) is 30.8. The van der Waals surface area contributed by atoms with Crippen molar-refractivity contribution in [2.75, 3.05) is 26.4 Å². The van der Waals surface area contributed by atoms with Gasteiger partial charge in [-0.25, -0.2) is 4.57 Å². The molecule has 0 saturated carbocycles. The third-order valence-electron chi connectivity index (χ3n) is 7.49. The summed E-state index contributed by atoms with van der Waals surface area (Å²) < 4.78 is 32.4. The van der Waals surface area contributed by atoms with Crippen molar-refractivity contribution in [2.24, 2.45) is 5.73 Å². The summed E-state index contributed by atoms with van der Waals surface area (Å²) in [6.45, 7) is 3.68. The highest BCUT2D eigenvalue weighted by molar-refractivity contribution is 7.47. The number of ether oxygens (including phenoxy) is 2. The highest BCUT2D eigenvalue weighted by Crippen LogP contribution is 2.43. The van der Waals surface area contributed by atoms with Crippen molar-refractivity contribution in [3.05, 3.63) is 0 Å². The van der Waals surface area contributed by atoms with Crippen LogP contribution >= 0.6 is 7.82 Å². The van der Waals surface area contributed by atoms with Crippen molar-refractivity contribution >= 4 is 19.8 Å². The first-order valence-corrected chi connectivity index (χ1v) is 19.0. The van der Waals surface area contributed by atoms with Crippen molar-refractivity contribution < 1.29 is 37.6 Å². The molecule has 9 nitrogen and oxygen atoms in total. The standard InChI is InChI=1S/C33H66NO8P/c1-3-5-7-9-11-12-13-14-15-16-17-18-20-21-23-25-32(35)39-29-31(30-41-43(37,38)40-28-27-34)42-33(36)26-24-22-19-10-8-6-4-2/h31H,3-30,34H2,1-2H3,(H,37,38)/t31-/m1/s1. The van der Waals surface area contributed by atoms with E-state index in [1.165, 1.54) is 96.3 Å². The summed E-state index contributed by atoms with van der Waals surface area (Å²) in [7, 11) is -4.35. The Morgan fingerprint density at radius 3 is 1.42 bits per heavy atom. The van der Waals surface area contributed by atoms with Gasteiger partial charge in [0.05, 0.1) is 13.2 Å². The smallest absolute Gasteiger partial charge is 0.462 e. The molecule has 0 aliphatic rings. The molecule has 0 rings (SSSR count). The number of esters is 2. The summed E-state index contributed by atoms with van der Waals surface area (Å²) in [6, 6.07) is 0. The molecule has 0 fully saturated rings. The van der Waals surface area contributed by atoms with Crippen LogP contribution in [-0.4, -0.2) is 49.3 Å². The van der Waals surface area contributed by atoms with E-state index in [1.54, 1.807) is 0 Å². The number of phosphoric acid groups is 1. The van der Waals surface area contributed by atoms with Crippen LogP contribution in [0.25, 0.3) is 0 Å². The fraction of sp³-hybridized carbons (Fsp3) is 0.939. The molecule has 256 valence electrons. The molecule has 2 atom stereocenters. The lowest BCUT2D eigenvalue weighted by Crippen LogP contribution is -2.29. The Kier molecular flexibility index (Phi) is 30.3. The topological polar surface area (TPSA) is 134 Å². The van der Waals surface area contributed by atoms with Crippen LogP contribution in [0.2, 0.25) is 0 Å². The third-order valence-corrected chi connectivity index (χ3v) is 8.48. The van der Waals surface area contributed by atoms with Gasteiger partial charge in [-0.05, 0) is 12.8 Å². The Balaban J connectivity index is 4.14. The molecule has 0 aromatic carbocycles. The molecular formula is C33H66NO8P. The molecule has 1 unspecified atom stereocenters. The average Bonchev–Trinajstić information content (AvgIpc) is 2.99. The lowest BCUT2D eigenvalue weighted by atomic mass is 10.0. The van der Waals surface area contributed by atoms with Crippen molar-refractivity contribution in [1.29, 1.82) is 0 Å². The minimum absolute atomic E-state index is 0.0572. The van der Waals surface area contributed by atoms with E-state index in [2.05, 4.69) is 13.8 Å². The van der Waals surface area contributed by atoms with Crippen LogP contribution in [0.4, 0.5) is 0 Å². The predicted octanol–water partition coefficient (Wildman–Crippen LogP) is 8.94. The van der Waals surface area contributed by atoms with E-state index < -0.39 is 26.5 Å². The van der Waals surface area contributed by atoms with Gasteiger partial charge >= 0.3 is 19.8 Å². The summed E-state index contributed by atoms with van der Waals surface area (Å²) in [5.41, 5.74) is 5.31. The number of hydrogen-bond acceptors (Lipinski definition) is 8. The maximum absolute atomic E-state index is 12.4. The first kappa shape index (κ1) is 42.0. The number of rotatable bonds is 33. The van der Waals surface area contributed by atoms with E-state index in [0.29, 0.717) is 6.42 Å². The van der Waals surface area contributed by atoms with Crippen LogP contribution in [0, 0.1) is 0 Å². The van der Waals surface area contributed by atoms with Crippen LogP contribution in [-0.2, 0) is 32.7 Å². The van der Waals surface area contributed by atoms with E-state index in [0.717, 1.165) is 38.5 Å². The van der Waals surface area contributed by atoms with E-state index in [1.807, 2.05) is 0 Å². The van der Waals surface area contributed by atoms with Gasteiger partial charge in [-0.3, -0.25) is 18.6 Å². The van der Waals surface area contributed by atoms with Crippen LogP contribution in [0.15, 0.2) is 0 Å². The lowest BCUT2D eigenvalue weighted by molar-refractivity contribution is -0.161. The van der Waals surface area contributed by atoms with Crippen LogP contribution < -0.4 is 5.73 Å². The summed E-state index contributed by atoms with van der Waals surface area (Å²) in [4.78, 5) is 34.4. The Labute approximate surface area is 263 Å². The normalized spacial score (nSPS) is 13.5. The Hall–Kier alpha value is -0.990. The second-order valence-corrected chi connectivity index (χ2v) is 13.2. The minimum atomic E-state index is -4.35. The highest BCUT2D eigenvalue weighted by atomic mass is 31.2. The van der Waals surface area contributed by atoms with Gasteiger partial charge in [-0.1, -0.05) is 142 Å². The summed E-state index contributed by atoms with van der Waals surface area (Å²) >= 11 is 0. The monoisotopic (exact) mass is 635 g/mol. The number of unbranched alkanes of at least 4 members (excludes halogenated alkanes) is 20. The summed E-state index contributed by atoms with van der Waals surface area (Å²) in [6.07, 6.45) is 25.8. The molecule has 0 radical (unpaired) electrons. The molecule has 43 heavy (non-hydrogen) atoms. The minimum Gasteiger partial charge on any atom is -0.462 e. The lowest BCUT2D eigenvalue weighted by Gasteiger charge is -2.19. The number of phosphoric ester groups is 1. The Morgan fingerprint density at radius 2 is 1.00 bits per heavy atom. The molecule has 0 bridgehead atoms. The predicted molar refractivity (Wildman–Crippen MR) is 174 cm³/mol. The molecule has 0 aromatic heterocycles. The quantitative estimate of drug-likeness (QED) is 0.0411. The van der Waals surface area contributed by atoms with Crippen molar-refractivity contribution in [2.45, 2.75) is 174 Å². The SMILES string of the molecule is CCCCCCCCCCCCCCCCCC(=O)OC[C@H](COP(=O)(O)OCCN)OC(=O)CCCCCCCCC. The van der Waals surface area contributed by atoms with Gasteiger partial charge in [0.15, 0.2) is 6.10 Å². The summed E-state index contributed by atoms with van der Waals surface area (Å²) in [5, 5.41) is 0. The van der Waals surface area contributed by atoms with Gasteiger partial charge in [-0.2, -0.15) is 0 Å². The largest absolute Gasteiger partial charge is 0.472 e. The Bertz CT molecular complexity index is 694. The average molecular weight is 636 g/mol. The first-order chi connectivity index (χ1) is 20.8. The van der Waals surface area contributed by atoms with Gasteiger partial charge in [0.2, 0.25) is 0 Å². The van der Waals surface area contributed by atoms with E-state index in [9.17, 15) is 19.0 Å². The second kappa shape index (κ2) is 31.0. The molecule has 10 heteroatoms. The zero-order valence-corrected chi connectivity index (χ0v) is 28.6. The molecule has 0 aliphatic heterocycles. The number of nitrogens with two attached hydrogens (primary N) is 1. The summed E-state index contributed by atoms with van der Waals surface area (Å²) in [5.74, 6) is -0.828. The fourth-order valence-electron chi connectivity index (χ4n) is 4.87.